The topological polar surface area (TPSA) is 75.7 Å². The van der Waals surface area contributed by atoms with Gasteiger partial charge in [0, 0.05) is 39.2 Å². The van der Waals surface area contributed by atoms with Crippen LogP contribution in [0, 0.1) is 5.92 Å². The predicted molar refractivity (Wildman–Crippen MR) is 117 cm³/mol. The normalized spacial score (nSPS) is 19.8. The first-order valence-electron chi connectivity index (χ1n) is 10.0. The van der Waals surface area contributed by atoms with Crippen LogP contribution in [0.15, 0.2) is 65.6 Å². The molecule has 1 N–H and O–H groups in total. The lowest BCUT2D eigenvalue weighted by Crippen LogP contribution is -2.34. The van der Waals surface area contributed by atoms with Gasteiger partial charge in [0.05, 0.1) is 11.0 Å². The number of sulfonamides is 1. The smallest absolute Gasteiger partial charge is 0.244 e. The van der Waals surface area contributed by atoms with Crippen LogP contribution >= 0.6 is 0 Å². The highest BCUT2D eigenvalue weighted by Gasteiger charge is 2.27. The minimum absolute atomic E-state index is 0.00424. The van der Waals surface area contributed by atoms with E-state index in [0.717, 1.165) is 30.6 Å². The molecule has 0 saturated carbocycles. The summed E-state index contributed by atoms with van der Waals surface area (Å²) in [6.45, 7) is 1.28. The molecule has 1 aliphatic rings. The van der Waals surface area contributed by atoms with Crippen molar-refractivity contribution in [3.63, 3.8) is 0 Å². The van der Waals surface area contributed by atoms with Gasteiger partial charge in [-0.2, -0.15) is 0 Å². The van der Waals surface area contributed by atoms with Crippen molar-refractivity contribution in [3.05, 3.63) is 71.8 Å². The Labute approximate surface area is 178 Å². The molecular weight excluding hydrogens is 400 g/mol. The van der Waals surface area contributed by atoms with Crippen molar-refractivity contribution in [2.45, 2.75) is 23.8 Å². The van der Waals surface area contributed by atoms with E-state index in [1.165, 1.54) is 36.6 Å². The van der Waals surface area contributed by atoms with Crippen LogP contribution in [0.4, 0.5) is 0 Å². The summed E-state index contributed by atoms with van der Waals surface area (Å²) in [5.74, 6) is 0.0476. The quantitative estimate of drug-likeness (QED) is 0.687. The van der Waals surface area contributed by atoms with Crippen LogP contribution in [-0.4, -0.2) is 45.9 Å². The standard InChI is InChI=1S/C23H28N2O4S/c1-25(2)30(27,28)21-13-10-18(11-14-21)12-15-22(26)24-17-20-9-6-16-29-23(20)19-7-4-3-5-8-19/h3-5,7-8,10-15,20,23H,6,9,16-17H2,1-2H3,(H,24,26)/b15-12+. The second kappa shape index (κ2) is 10.0. The molecule has 2 aromatic carbocycles. The number of nitrogens with zero attached hydrogens (tertiary/aromatic N) is 1. The maximum atomic E-state index is 12.3. The van der Waals surface area contributed by atoms with E-state index in [9.17, 15) is 13.2 Å². The Morgan fingerprint density at radius 2 is 1.83 bits per heavy atom. The second-order valence-corrected chi connectivity index (χ2v) is 9.69. The van der Waals surface area contributed by atoms with Crippen molar-refractivity contribution in [2.75, 3.05) is 27.2 Å². The highest BCUT2D eigenvalue weighted by Crippen LogP contribution is 2.33. The molecule has 6 nitrogen and oxygen atoms in total. The lowest BCUT2D eigenvalue weighted by Gasteiger charge is -2.32. The van der Waals surface area contributed by atoms with Crippen LogP contribution in [0.5, 0.6) is 0 Å². The fourth-order valence-corrected chi connectivity index (χ4v) is 4.39. The van der Waals surface area contributed by atoms with E-state index in [2.05, 4.69) is 17.4 Å². The molecule has 30 heavy (non-hydrogen) atoms. The van der Waals surface area contributed by atoms with Gasteiger partial charge in [-0.3, -0.25) is 4.79 Å². The van der Waals surface area contributed by atoms with E-state index < -0.39 is 10.0 Å². The molecule has 2 unspecified atom stereocenters. The summed E-state index contributed by atoms with van der Waals surface area (Å²) >= 11 is 0. The molecular formula is C23H28N2O4S. The fraction of sp³-hybridized carbons (Fsp3) is 0.348. The number of rotatable bonds is 7. The first-order valence-corrected chi connectivity index (χ1v) is 11.5. The minimum Gasteiger partial charge on any atom is -0.373 e. The largest absolute Gasteiger partial charge is 0.373 e. The number of nitrogens with one attached hydrogen (secondary N) is 1. The van der Waals surface area contributed by atoms with Crippen LogP contribution < -0.4 is 5.32 Å². The molecule has 0 spiro atoms. The summed E-state index contributed by atoms with van der Waals surface area (Å²) in [5, 5.41) is 2.96. The molecule has 7 heteroatoms. The molecule has 0 bridgehead atoms. The van der Waals surface area contributed by atoms with Crippen molar-refractivity contribution >= 4 is 22.0 Å². The van der Waals surface area contributed by atoms with Crippen molar-refractivity contribution < 1.29 is 17.9 Å². The monoisotopic (exact) mass is 428 g/mol. The molecule has 2 aromatic rings. The number of ether oxygens (including phenoxy) is 1. The molecule has 2 atom stereocenters. The Hall–Kier alpha value is -2.48. The van der Waals surface area contributed by atoms with Crippen LogP contribution in [-0.2, 0) is 19.6 Å². The first-order chi connectivity index (χ1) is 14.4. The third kappa shape index (κ3) is 5.56. The van der Waals surface area contributed by atoms with Gasteiger partial charge in [-0.25, -0.2) is 12.7 Å². The van der Waals surface area contributed by atoms with E-state index in [0.29, 0.717) is 6.54 Å². The van der Waals surface area contributed by atoms with Crippen LogP contribution in [0.25, 0.3) is 6.08 Å². The van der Waals surface area contributed by atoms with Gasteiger partial charge < -0.3 is 10.1 Å². The van der Waals surface area contributed by atoms with Gasteiger partial charge in [-0.05, 0) is 42.2 Å². The Morgan fingerprint density at radius 1 is 1.13 bits per heavy atom. The molecule has 1 aliphatic heterocycles. The SMILES string of the molecule is CN(C)S(=O)(=O)c1ccc(/C=C/C(=O)NCC2CCCOC2c2ccccc2)cc1. The fourth-order valence-electron chi connectivity index (χ4n) is 3.49. The van der Waals surface area contributed by atoms with Gasteiger partial charge in [-0.15, -0.1) is 0 Å². The number of carbonyl (C=O) groups excluding carboxylic acids is 1. The van der Waals surface area contributed by atoms with E-state index in [1.807, 2.05) is 18.2 Å². The Morgan fingerprint density at radius 3 is 2.50 bits per heavy atom. The average Bonchev–Trinajstić information content (AvgIpc) is 2.77. The van der Waals surface area contributed by atoms with Crippen molar-refractivity contribution in [1.82, 2.24) is 9.62 Å². The zero-order chi connectivity index (χ0) is 21.6. The Balaban J connectivity index is 1.57. The van der Waals surface area contributed by atoms with E-state index in [1.54, 1.807) is 18.2 Å². The number of amides is 1. The Bertz CT molecular complexity index is 970. The Kier molecular flexibility index (Phi) is 7.42. The highest BCUT2D eigenvalue weighted by molar-refractivity contribution is 7.89. The summed E-state index contributed by atoms with van der Waals surface area (Å²) in [6, 6.07) is 16.5. The zero-order valence-electron chi connectivity index (χ0n) is 17.3. The highest BCUT2D eigenvalue weighted by atomic mass is 32.2. The van der Waals surface area contributed by atoms with Crippen LogP contribution in [0.2, 0.25) is 0 Å². The van der Waals surface area contributed by atoms with Gasteiger partial charge in [0.25, 0.3) is 0 Å². The maximum Gasteiger partial charge on any atom is 0.244 e. The van der Waals surface area contributed by atoms with Gasteiger partial charge in [0.1, 0.15) is 0 Å². The van der Waals surface area contributed by atoms with Crippen molar-refractivity contribution in [3.8, 4) is 0 Å². The van der Waals surface area contributed by atoms with Gasteiger partial charge in [0.15, 0.2) is 0 Å². The molecule has 3 rings (SSSR count). The third-order valence-electron chi connectivity index (χ3n) is 5.20. The molecule has 0 radical (unpaired) electrons. The van der Waals surface area contributed by atoms with Crippen LogP contribution in [0.3, 0.4) is 0 Å². The molecule has 1 heterocycles. The third-order valence-corrected chi connectivity index (χ3v) is 7.03. The van der Waals surface area contributed by atoms with E-state index >= 15 is 0 Å². The van der Waals surface area contributed by atoms with E-state index in [-0.39, 0.29) is 22.8 Å². The lowest BCUT2D eigenvalue weighted by atomic mass is 9.89. The average molecular weight is 429 g/mol. The summed E-state index contributed by atoms with van der Waals surface area (Å²) in [5.41, 5.74) is 1.89. The maximum absolute atomic E-state index is 12.3. The second-order valence-electron chi connectivity index (χ2n) is 7.54. The number of hydrogen-bond acceptors (Lipinski definition) is 4. The van der Waals surface area contributed by atoms with Crippen molar-refractivity contribution in [2.24, 2.45) is 5.92 Å². The van der Waals surface area contributed by atoms with Gasteiger partial charge in [0.2, 0.25) is 15.9 Å². The summed E-state index contributed by atoms with van der Waals surface area (Å²) in [6.07, 6.45) is 5.13. The number of benzene rings is 2. The first kappa shape index (κ1) is 22.2. The molecule has 160 valence electrons. The molecule has 0 aromatic heterocycles. The molecule has 1 fully saturated rings. The molecule has 1 saturated heterocycles. The predicted octanol–water partition coefficient (Wildman–Crippen LogP) is 3.23. The number of carbonyl (C=O) groups is 1. The molecule has 1 amide bonds. The van der Waals surface area contributed by atoms with Crippen molar-refractivity contribution in [1.29, 1.82) is 0 Å². The van der Waals surface area contributed by atoms with Gasteiger partial charge >= 0.3 is 0 Å². The zero-order valence-corrected chi connectivity index (χ0v) is 18.1. The minimum atomic E-state index is -3.46. The summed E-state index contributed by atoms with van der Waals surface area (Å²) < 4.78 is 31.4. The summed E-state index contributed by atoms with van der Waals surface area (Å²) in [4.78, 5) is 12.5. The number of hydrogen-bond donors (Lipinski definition) is 1. The molecule has 0 aliphatic carbocycles. The summed E-state index contributed by atoms with van der Waals surface area (Å²) in [7, 11) is -0.470. The van der Waals surface area contributed by atoms with Gasteiger partial charge in [-0.1, -0.05) is 42.5 Å². The van der Waals surface area contributed by atoms with Crippen LogP contribution in [0.1, 0.15) is 30.1 Å². The lowest BCUT2D eigenvalue weighted by molar-refractivity contribution is -0.117. The van der Waals surface area contributed by atoms with E-state index in [4.69, 9.17) is 4.74 Å².